The number of carbonyl (C=O) groups is 1. The zero-order valence-corrected chi connectivity index (χ0v) is 10.9. The molecule has 98 valence electrons. The topological polar surface area (TPSA) is 105 Å². The fraction of sp³-hybridized carbons (Fsp3) is 0.600. The third kappa shape index (κ3) is 2.15. The summed E-state index contributed by atoms with van der Waals surface area (Å²) >= 11 is 1.09. The molecule has 0 aliphatic carbocycles. The molecule has 0 radical (unpaired) electrons. The van der Waals surface area contributed by atoms with Crippen LogP contribution in [0.2, 0.25) is 0 Å². The van der Waals surface area contributed by atoms with E-state index in [0.717, 1.165) is 24.4 Å². The van der Waals surface area contributed by atoms with Gasteiger partial charge in [0, 0.05) is 6.54 Å². The van der Waals surface area contributed by atoms with Crippen molar-refractivity contribution in [3.63, 3.8) is 0 Å². The van der Waals surface area contributed by atoms with E-state index in [4.69, 9.17) is 10.9 Å². The van der Waals surface area contributed by atoms with Gasteiger partial charge in [0.05, 0.1) is 11.7 Å². The van der Waals surface area contributed by atoms with Gasteiger partial charge in [-0.2, -0.15) is 0 Å². The van der Waals surface area contributed by atoms with Crippen molar-refractivity contribution in [2.24, 2.45) is 10.9 Å². The van der Waals surface area contributed by atoms with Gasteiger partial charge in [-0.05, 0) is 30.8 Å². The van der Waals surface area contributed by atoms with Crippen molar-refractivity contribution < 1.29 is 10.0 Å². The molecule has 1 aliphatic rings. The number of aryl methyl sites for hydroxylation is 1. The fourth-order valence-corrected chi connectivity index (χ4v) is 2.82. The van der Waals surface area contributed by atoms with Crippen LogP contribution in [0.15, 0.2) is 5.16 Å². The van der Waals surface area contributed by atoms with Crippen LogP contribution in [-0.4, -0.2) is 44.0 Å². The van der Waals surface area contributed by atoms with Crippen LogP contribution in [0.3, 0.4) is 0 Å². The molecule has 7 nitrogen and oxygen atoms in total. The Bertz CT molecular complexity index is 473. The Kier molecular flexibility index (Phi) is 3.75. The summed E-state index contributed by atoms with van der Waals surface area (Å²) in [6.07, 6.45) is 2.23. The molecule has 0 aromatic carbocycles. The number of rotatable bonds is 3. The lowest BCUT2D eigenvalue weighted by molar-refractivity contribution is 0.0771. The predicted octanol–water partition coefficient (Wildman–Crippen LogP) is 0.451. The van der Waals surface area contributed by atoms with E-state index in [9.17, 15) is 4.79 Å². The number of aromatic nitrogens is 2. The second kappa shape index (κ2) is 5.30. The Morgan fingerprint density at radius 1 is 1.72 bits per heavy atom. The second-order valence-corrected chi connectivity index (χ2v) is 4.84. The SMILES string of the molecule is CCc1nnsc1C(=O)N1CCCC1C(N)=NO. The molecular formula is C10H15N5O2S. The average molecular weight is 269 g/mol. The molecule has 0 saturated carbocycles. The summed E-state index contributed by atoms with van der Waals surface area (Å²) in [6.45, 7) is 2.54. The van der Waals surface area contributed by atoms with Crippen molar-refractivity contribution in [1.29, 1.82) is 0 Å². The Morgan fingerprint density at radius 2 is 2.50 bits per heavy atom. The number of nitrogens with two attached hydrogens (primary N) is 1. The van der Waals surface area contributed by atoms with E-state index in [1.54, 1.807) is 4.90 Å². The van der Waals surface area contributed by atoms with E-state index in [1.807, 2.05) is 6.92 Å². The zero-order valence-electron chi connectivity index (χ0n) is 10.0. The molecule has 1 fully saturated rings. The molecular weight excluding hydrogens is 254 g/mol. The van der Waals surface area contributed by atoms with E-state index in [2.05, 4.69) is 14.7 Å². The van der Waals surface area contributed by atoms with Crippen molar-refractivity contribution in [3.8, 4) is 0 Å². The highest BCUT2D eigenvalue weighted by molar-refractivity contribution is 7.08. The quantitative estimate of drug-likeness (QED) is 0.359. The summed E-state index contributed by atoms with van der Waals surface area (Å²) in [5.74, 6) is -0.0488. The van der Waals surface area contributed by atoms with Crippen LogP contribution in [0.5, 0.6) is 0 Å². The smallest absolute Gasteiger partial charge is 0.268 e. The third-order valence-corrected chi connectivity index (χ3v) is 3.81. The van der Waals surface area contributed by atoms with Crippen molar-refractivity contribution in [1.82, 2.24) is 14.5 Å². The van der Waals surface area contributed by atoms with Gasteiger partial charge in [0.15, 0.2) is 5.84 Å². The average Bonchev–Trinajstić information content (AvgIpc) is 3.04. The number of likely N-dealkylation sites (tertiary alicyclic amines) is 1. The van der Waals surface area contributed by atoms with Crippen LogP contribution in [0.1, 0.15) is 35.1 Å². The maximum atomic E-state index is 12.4. The van der Waals surface area contributed by atoms with Crippen LogP contribution >= 0.6 is 11.5 Å². The lowest BCUT2D eigenvalue weighted by Crippen LogP contribution is -2.43. The Morgan fingerprint density at radius 3 is 3.17 bits per heavy atom. The van der Waals surface area contributed by atoms with E-state index >= 15 is 0 Å². The number of hydrogen-bond acceptors (Lipinski definition) is 6. The summed E-state index contributed by atoms with van der Waals surface area (Å²) < 4.78 is 3.81. The van der Waals surface area contributed by atoms with Gasteiger partial charge in [-0.3, -0.25) is 4.79 Å². The number of oxime groups is 1. The molecule has 1 aliphatic heterocycles. The van der Waals surface area contributed by atoms with Crippen molar-refractivity contribution in [2.45, 2.75) is 32.2 Å². The van der Waals surface area contributed by atoms with E-state index in [0.29, 0.717) is 23.5 Å². The van der Waals surface area contributed by atoms with Gasteiger partial charge in [-0.25, -0.2) is 0 Å². The van der Waals surface area contributed by atoms with Gasteiger partial charge in [-0.1, -0.05) is 16.6 Å². The van der Waals surface area contributed by atoms with E-state index < -0.39 is 0 Å². The molecule has 1 atom stereocenters. The zero-order chi connectivity index (χ0) is 13.1. The normalized spacial score (nSPS) is 20.4. The van der Waals surface area contributed by atoms with E-state index in [-0.39, 0.29) is 17.8 Å². The molecule has 0 spiro atoms. The Labute approximate surface area is 108 Å². The van der Waals surface area contributed by atoms with Crippen LogP contribution in [0, 0.1) is 0 Å². The van der Waals surface area contributed by atoms with Crippen molar-refractivity contribution >= 4 is 23.3 Å². The van der Waals surface area contributed by atoms with E-state index in [1.165, 1.54) is 0 Å². The Balaban J connectivity index is 2.23. The van der Waals surface area contributed by atoms with Crippen LogP contribution < -0.4 is 5.73 Å². The molecule has 1 aromatic heterocycles. The molecule has 1 aromatic rings. The number of carbonyl (C=O) groups excluding carboxylic acids is 1. The number of amidine groups is 1. The third-order valence-electron chi connectivity index (χ3n) is 3.06. The molecule has 18 heavy (non-hydrogen) atoms. The molecule has 2 rings (SSSR count). The second-order valence-electron chi connectivity index (χ2n) is 4.08. The van der Waals surface area contributed by atoms with Crippen molar-refractivity contribution in [3.05, 3.63) is 10.6 Å². The van der Waals surface area contributed by atoms with Gasteiger partial charge in [0.25, 0.3) is 5.91 Å². The van der Waals surface area contributed by atoms with Gasteiger partial charge < -0.3 is 15.8 Å². The maximum Gasteiger partial charge on any atom is 0.268 e. The molecule has 1 unspecified atom stereocenters. The summed E-state index contributed by atoms with van der Waals surface area (Å²) in [5, 5.41) is 15.7. The number of amides is 1. The minimum atomic E-state index is -0.325. The number of hydrogen-bond donors (Lipinski definition) is 2. The molecule has 0 bridgehead atoms. The maximum absolute atomic E-state index is 12.4. The first-order valence-electron chi connectivity index (χ1n) is 5.78. The first kappa shape index (κ1) is 12.7. The largest absolute Gasteiger partial charge is 0.409 e. The van der Waals surface area contributed by atoms with Crippen LogP contribution in [-0.2, 0) is 6.42 Å². The highest BCUT2D eigenvalue weighted by Crippen LogP contribution is 2.23. The Hall–Kier alpha value is -1.70. The van der Waals surface area contributed by atoms with Crippen LogP contribution in [0.25, 0.3) is 0 Å². The van der Waals surface area contributed by atoms with Gasteiger partial charge in [-0.15, -0.1) is 5.10 Å². The van der Waals surface area contributed by atoms with Gasteiger partial charge >= 0.3 is 0 Å². The summed E-state index contributed by atoms with van der Waals surface area (Å²) in [5.41, 5.74) is 6.31. The number of nitrogens with zero attached hydrogens (tertiary/aromatic N) is 4. The molecule has 8 heteroatoms. The lowest BCUT2D eigenvalue weighted by Gasteiger charge is -2.22. The van der Waals surface area contributed by atoms with Crippen LogP contribution in [0.4, 0.5) is 0 Å². The highest BCUT2D eigenvalue weighted by atomic mass is 32.1. The lowest BCUT2D eigenvalue weighted by atomic mass is 10.2. The summed E-state index contributed by atoms with van der Waals surface area (Å²) in [4.78, 5) is 14.6. The summed E-state index contributed by atoms with van der Waals surface area (Å²) in [7, 11) is 0. The fourth-order valence-electron chi connectivity index (χ4n) is 2.12. The molecule has 1 saturated heterocycles. The molecule has 1 amide bonds. The van der Waals surface area contributed by atoms with Crippen molar-refractivity contribution in [2.75, 3.05) is 6.54 Å². The first-order chi connectivity index (χ1) is 8.69. The van der Waals surface area contributed by atoms with Gasteiger partial charge in [0.2, 0.25) is 0 Å². The predicted molar refractivity (Wildman–Crippen MR) is 66.8 cm³/mol. The minimum absolute atomic E-state index is 0.0800. The minimum Gasteiger partial charge on any atom is -0.409 e. The van der Waals surface area contributed by atoms with Gasteiger partial charge in [0.1, 0.15) is 4.88 Å². The monoisotopic (exact) mass is 269 g/mol. The molecule has 2 heterocycles. The highest BCUT2D eigenvalue weighted by Gasteiger charge is 2.34. The standard InChI is InChI=1S/C10H15N5O2S/c1-2-6-8(18-14-12-6)10(16)15-5-3-4-7(15)9(11)13-17/h7,17H,2-5H2,1H3,(H2,11,13). The molecule has 3 N–H and O–H groups in total. The summed E-state index contributed by atoms with van der Waals surface area (Å²) in [6, 6.07) is -0.325. The first-order valence-corrected chi connectivity index (χ1v) is 6.56.